The number of fused-ring (bicyclic) bond motifs is 1. The van der Waals surface area contributed by atoms with Gasteiger partial charge in [0, 0.05) is 18.5 Å². The second-order valence-corrected chi connectivity index (χ2v) is 6.60. The molecule has 0 saturated carbocycles. The Kier molecular flexibility index (Phi) is 3.92. The standard InChI is InChI=1S/C20H20N2O3/c23-18-10-11-20(13-21-18,14-6-2-1-3-7-14)19(24)22-16-12-25-17-9-5-4-8-15(16)17/h1-9,16H,10-13H2,(H,21,23)(H,22,24)/t16-,20-/m1/s1. The van der Waals surface area contributed by atoms with Crippen molar-refractivity contribution in [3.63, 3.8) is 0 Å². The third-order valence-electron chi connectivity index (χ3n) is 5.13. The molecule has 0 bridgehead atoms. The first-order valence-electron chi connectivity index (χ1n) is 8.54. The van der Waals surface area contributed by atoms with Crippen LogP contribution in [0.2, 0.25) is 0 Å². The molecule has 5 nitrogen and oxygen atoms in total. The average Bonchev–Trinajstić information content (AvgIpc) is 3.06. The number of ether oxygens (including phenoxy) is 1. The maximum atomic E-state index is 13.3. The maximum absolute atomic E-state index is 13.3. The molecule has 2 heterocycles. The van der Waals surface area contributed by atoms with E-state index in [4.69, 9.17) is 4.74 Å². The number of piperidine rings is 1. The molecule has 5 heteroatoms. The molecule has 4 rings (SSSR count). The Hall–Kier alpha value is -2.82. The van der Waals surface area contributed by atoms with Gasteiger partial charge in [-0.15, -0.1) is 0 Å². The molecule has 0 unspecified atom stereocenters. The summed E-state index contributed by atoms with van der Waals surface area (Å²) in [7, 11) is 0. The van der Waals surface area contributed by atoms with Crippen molar-refractivity contribution in [2.45, 2.75) is 24.3 Å². The van der Waals surface area contributed by atoms with Crippen LogP contribution in [-0.2, 0) is 15.0 Å². The fourth-order valence-electron chi connectivity index (χ4n) is 3.66. The van der Waals surface area contributed by atoms with Crippen LogP contribution in [0.3, 0.4) is 0 Å². The second-order valence-electron chi connectivity index (χ2n) is 6.60. The molecular formula is C20H20N2O3. The minimum absolute atomic E-state index is 0.00565. The minimum Gasteiger partial charge on any atom is -0.491 e. The molecule has 2 atom stereocenters. The SMILES string of the molecule is O=C1CC[C@](C(=O)N[C@@H]2COc3ccccc32)(c2ccccc2)CN1. The van der Waals surface area contributed by atoms with Gasteiger partial charge in [-0.05, 0) is 18.1 Å². The van der Waals surface area contributed by atoms with E-state index < -0.39 is 5.41 Å². The number of para-hydroxylation sites is 1. The zero-order valence-electron chi connectivity index (χ0n) is 13.8. The molecule has 2 aromatic rings. The van der Waals surface area contributed by atoms with Crippen molar-refractivity contribution in [2.24, 2.45) is 0 Å². The van der Waals surface area contributed by atoms with Gasteiger partial charge in [-0.1, -0.05) is 48.5 Å². The summed E-state index contributed by atoms with van der Waals surface area (Å²) >= 11 is 0. The van der Waals surface area contributed by atoms with Gasteiger partial charge in [0.2, 0.25) is 11.8 Å². The number of carbonyl (C=O) groups is 2. The lowest BCUT2D eigenvalue weighted by atomic mass is 9.73. The van der Waals surface area contributed by atoms with Gasteiger partial charge in [0.1, 0.15) is 12.4 Å². The highest BCUT2D eigenvalue weighted by Gasteiger charge is 2.44. The summed E-state index contributed by atoms with van der Waals surface area (Å²) in [5.41, 5.74) is 1.19. The summed E-state index contributed by atoms with van der Waals surface area (Å²) in [6.45, 7) is 0.749. The van der Waals surface area contributed by atoms with Crippen LogP contribution in [0.1, 0.15) is 30.0 Å². The van der Waals surface area contributed by atoms with Crippen LogP contribution in [-0.4, -0.2) is 25.0 Å². The highest BCUT2D eigenvalue weighted by atomic mass is 16.5. The van der Waals surface area contributed by atoms with E-state index in [0.717, 1.165) is 16.9 Å². The van der Waals surface area contributed by atoms with E-state index in [-0.39, 0.29) is 17.9 Å². The summed E-state index contributed by atoms with van der Waals surface area (Å²) < 4.78 is 5.67. The Balaban J connectivity index is 1.62. The number of hydrogen-bond acceptors (Lipinski definition) is 3. The van der Waals surface area contributed by atoms with Gasteiger partial charge in [0.15, 0.2) is 0 Å². The lowest BCUT2D eigenvalue weighted by Crippen LogP contribution is -2.55. The van der Waals surface area contributed by atoms with Crippen molar-refractivity contribution < 1.29 is 14.3 Å². The topological polar surface area (TPSA) is 67.4 Å². The lowest BCUT2D eigenvalue weighted by molar-refractivity contribution is -0.131. The van der Waals surface area contributed by atoms with Crippen LogP contribution in [0.5, 0.6) is 5.75 Å². The summed E-state index contributed by atoms with van der Waals surface area (Å²) in [5, 5.41) is 6.01. The maximum Gasteiger partial charge on any atom is 0.233 e. The molecule has 128 valence electrons. The number of amides is 2. The van der Waals surface area contributed by atoms with Gasteiger partial charge in [0.25, 0.3) is 0 Å². The quantitative estimate of drug-likeness (QED) is 0.902. The van der Waals surface area contributed by atoms with E-state index in [1.807, 2.05) is 54.6 Å². The first-order chi connectivity index (χ1) is 12.2. The zero-order valence-corrected chi connectivity index (χ0v) is 13.8. The molecule has 2 aliphatic heterocycles. The van der Waals surface area contributed by atoms with E-state index in [1.165, 1.54) is 0 Å². The molecule has 0 aromatic heterocycles. The number of rotatable bonds is 3. The van der Waals surface area contributed by atoms with Gasteiger partial charge in [-0.3, -0.25) is 9.59 Å². The Labute approximate surface area is 146 Å². The summed E-state index contributed by atoms with van der Waals surface area (Å²) in [4.78, 5) is 24.9. The van der Waals surface area contributed by atoms with Crippen molar-refractivity contribution in [3.05, 3.63) is 65.7 Å². The monoisotopic (exact) mass is 336 g/mol. The number of hydrogen-bond donors (Lipinski definition) is 2. The highest BCUT2D eigenvalue weighted by molar-refractivity contribution is 5.92. The van der Waals surface area contributed by atoms with Crippen LogP contribution in [0.15, 0.2) is 54.6 Å². The predicted molar refractivity (Wildman–Crippen MR) is 93.2 cm³/mol. The zero-order chi connectivity index (χ0) is 17.3. The van der Waals surface area contributed by atoms with E-state index in [0.29, 0.717) is 26.0 Å². The molecule has 2 aliphatic rings. The van der Waals surface area contributed by atoms with Crippen molar-refractivity contribution >= 4 is 11.8 Å². The molecule has 0 radical (unpaired) electrons. The molecule has 1 fully saturated rings. The Morgan fingerprint density at radius 2 is 1.88 bits per heavy atom. The summed E-state index contributed by atoms with van der Waals surface area (Å²) in [5.74, 6) is 0.747. The Morgan fingerprint density at radius 1 is 1.12 bits per heavy atom. The number of nitrogens with one attached hydrogen (secondary N) is 2. The molecular weight excluding hydrogens is 316 g/mol. The third-order valence-corrected chi connectivity index (χ3v) is 5.13. The molecule has 0 spiro atoms. The molecule has 2 amide bonds. The number of benzene rings is 2. The molecule has 2 aromatic carbocycles. The van der Waals surface area contributed by atoms with E-state index >= 15 is 0 Å². The smallest absolute Gasteiger partial charge is 0.233 e. The Morgan fingerprint density at radius 3 is 2.64 bits per heavy atom. The molecule has 2 N–H and O–H groups in total. The van der Waals surface area contributed by atoms with Crippen molar-refractivity contribution in [3.8, 4) is 5.75 Å². The Bertz CT molecular complexity index is 794. The van der Waals surface area contributed by atoms with E-state index in [2.05, 4.69) is 10.6 Å². The fourth-order valence-corrected chi connectivity index (χ4v) is 3.66. The minimum atomic E-state index is -0.743. The van der Waals surface area contributed by atoms with Crippen molar-refractivity contribution in [2.75, 3.05) is 13.2 Å². The predicted octanol–water partition coefficient (Wildman–Crippen LogP) is 2.08. The normalized spacial score (nSPS) is 24.8. The van der Waals surface area contributed by atoms with Crippen LogP contribution in [0, 0.1) is 0 Å². The molecule has 1 saturated heterocycles. The average molecular weight is 336 g/mol. The van der Waals surface area contributed by atoms with Gasteiger partial charge in [0.05, 0.1) is 11.5 Å². The summed E-state index contributed by atoms with van der Waals surface area (Å²) in [6, 6.07) is 17.3. The molecule has 0 aliphatic carbocycles. The van der Waals surface area contributed by atoms with Crippen LogP contribution in [0.4, 0.5) is 0 Å². The van der Waals surface area contributed by atoms with Crippen LogP contribution in [0.25, 0.3) is 0 Å². The number of carbonyl (C=O) groups excluding carboxylic acids is 2. The lowest BCUT2D eigenvalue weighted by Gasteiger charge is -2.37. The van der Waals surface area contributed by atoms with Gasteiger partial charge in [-0.25, -0.2) is 0 Å². The first kappa shape index (κ1) is 15.7. The van der Waals surface area contributed by atoms with Gasteiger partial charge in [-0.2, -0.15) is 0 Å². The van der Waals surface area contributed by atoms with Crippen LogP contribution >= 0.6 is 0 Å². The first-order valence-corrected chi connectivity index (χ1v) is 8.54. The summed E-state index contributed by atoms with van der Waals surface area (Å²) in [6.07, 6.45) is 0.851. The highest BCUT2D eigenvalue weighted by Crippen LogP contribution is 2.35. The fraction of sp³-hybridized carbons (Fsp3) is 0.300. The van der Waals surface area contributed by atoms with Gasteiger partial charge < -0.3 is 15.4 Å². The second kappa shape index (κ2) is 6.24. The molecule has 25 heavy (non-hydrogen) atoms. The van der Waals surface area contributed by atoms with E-state index in [1.54, 1.807) is 0 Å². The third kappa shape index (κ3) is 2.76. The van der Waals surface area contributed by atoms with Crippen LogP contribution < -0.4 is 15.4 Å². The van der Waals surface area contributed by atoms with E-state index in [9.17, 15) is 9.59 Å². The van der Waals surface area contributed by atoms with Crippen molar-refractivity contribution in [1.82, 2.24) is 10.6 Å². The van der Waals surface area contributed by atoms with Crippen molar-refractivity contribution in [1.29, 1.82) is 0 Å². The van der Waals surface area contributed by atoms with Gasteiger partial charge >= 0.3 is 0 Å². The largest absolute Gasteiger partial charge is 0.491 e.